The normalized spacial score (nSPS) is 17.2. The van der Waals surface area contributed by atoms with Crippen molar-refractivity contribution >= 4 is 5.84 Å². The Hall–Kier alpha value is -2.03. The standard InChI is InChI=1S/C16H18N2O/c1-12(13-6-3-2-4-7-13)17-16(18-14-9-10-14)15-8-5-11-19-15/h2-8,11-12,14H,9-10H2,1H3,(H,17,18)/t12-/m0/s1. The molecule has 0 amide bonds. The van der Waals surface area contributed by atoms with Crippen molar-refractivity contribution in [2.75, 3.05) is 0 Å². The van der Waals surface area contributed by atoms with Crippen LogP contribution in [0.15, 0.2) is 58.1 Å². The molecule has 1 heterocycles. The summed E-state index contributed by atoms with van der Waals surface area (Å²) in [4.78, 5) is 4.71. The molecule has 0 radical (unpaired) electrons. The van der Waals surface area contributed by atoms with Gasteiger partial charge in [0, 0.05) is 0 Å². The third kappa shape index (κ3) is 3.05. The maximum absolute atomic E-state index is 5.47. The van der Waals surface area contributed by atoms with E-state index in [1.54, 1.807) is 6.26 Å². The molecule has 0 bridgehead atoms. The molecule has 2 aromatic rings. The Morgan fingerprint density at radius 2 is 2.00 bits per heavy atom. The lowest BCUT2D eigenvalue weighted by atomic mass is 10.1. The van der Waals surface area contributed by atoms with Gasteiger partial charge in [0.05, 0.1) is 18.3 Å². The highest BCUT2D eigenvalue weighted by Gasteiger charge is 2.23. The molecule has 1 N–H and O–H groups in total. The van der Waals surface area contributed by atoms with Gasteiger partial charge in [0.1, 0.15) is 0 Å². The summed E-state index contributed by atoms with van der Waals surface area (Å²) in [6.45, 7) is 2.14. The van der Waals surface area contributed by atoms with Crippen molar-refractivity contribution in [2.45, 2.75) is 31.8 Å². The van der Waals surface area contributed by atoms with E-state index >= 15 is 0 Å². The molecule has 3 rings (SSSR count). The lowest BCUT2D eigenvalue weighted by molar-refractivity contribution is 0.548. The zero-order valence-corrected chi connectivity index (χ0v) is 11.0. The first-order chi connectivity index (χ1) is 9.33. The Labute approximate surface area is 113 Å². The summed E-state index contributed by atoms with van der Waals surface area (Å²) in [5.74, 6) is 1.68. The molecule has 3 heteroatoms. The molecular formula is C16H18N2O. The Kier molecular flexibility index (Phi) is 3.36. The number of nitrogens with zero attached hydrogens (tertiary/aromatic N) is 1. The average Bonchev–Trinajstić information content (AvgIpc) is 3.09. The number of hydrogen-bond acceptors (Lipinski definition) is 2. The van der Waals surface area contributed by atoms with E-state index in [0.29, 0.717) is 6.04 Å². The summed E-state index contributed by atoms with van der Waals surface area (Å²) < 4.78 is 5.47. The van der Waals surface area contributed by atoms with E-state index in [-0.39, 0.29) is 6.04 Å². The fourth-order valence-corrected chi connectivity index (χ4v) is 2.00. The maximum atomic E-state index is 5.47. The predicted molar refractivity (Wildman–Crippen MR) is 76.3 cm³/mol. The third-order valence-corrected chi connectivity index (χ3v) is 3.27. The third-order valence-electron chi connectivity index (χ3n) is 3.27. The summed E-state index contributed by atoms with van der Waals surface area (Å²) in [6, 6.07) is 14.9. The van der Waals surface area contributed by atoms with Crippen molar-refractivity contribution in [3.8, 4) is 0 Å². The van der Waals surface area contributed by atoms with Crippen LogP contribution in [0.1, 0.15) is 37.1 Å². The molecule has 0 aliphatic heterocycles. The quantitative estimate of drug-likeness (QED) is 0.669. The minimum Gasteiger partial charge on any atom is -0.461 e. The second-order valence-corrected chi connectivity index (χ2v) is 4.96. The smallest absolute Gasteiger partial charge is 0.168 e. The van der Waals surface area contributed by atoms with Crippen LogP contribution in [0.2, 0.25) is 0 Å². The Bertz CT molecular complexity index is 541. The lowest BCUT2D eigenvalue weighted by Gasteiger charge is -2.16. The highest BCUT2D eigenvalue weighted by Crippen LogP contribution is 2.25. The largest absolute Gasteiger partial charge is 0.461 e. The van der Waals surface area contributed by atoms with Crippen LogP contribution in [0, 0.1) is 0 Å². The van der Waals surface area contributed by atoms with Gasteiger partial charge in [-0.25, -0.2) is 0 Å². The van der Waals surface area contributed by atoms with Gasteiger partial charge in [0.25, 0.3) is 0 Å². The second kappa shape index (κ2) is 5.31. The van der Waals surface area contributed by atoms with Crippen LogP contribution in [-0.4, -0.2) is 11.9 Å². The molecule has 3 nitrogen and oxygen atoms in total. The topological polar surface area (TPSA) is 37.5 Å². The molecule has 1 aromatic heterocycles. The van der Waals surface area contributed by atoms with E-state index in [9.17, 15) is 0 Å². The van der Waals surface area contributed by atoms with Gasteiger partial charge >= 0.3 is 0 Å². The number of hydrogen-bond donors (Lipinski definition) is 1. The fourth-order valence-electron chi connectivity index (χ4n) is 2.00. The van der Waals surface area contributed by atoms with Crippen LogP contribution in [0.5, 0.6) is 0 Å². The van der Waals surface area contributed by atoms with Crippen molar-refractivity contribution in [2.24, 2.45) is 4.99 Å². The van der Waals surface area contributed by atoms with E-state index in [2.05, 4.69) is 36.5 Å². The lowest BCUT2D eigenvalue weighted by Crippen LogP contribution is -2.27. The molecule has 1 atom stereocenters. The van der Waals surface area contributed by atoms with E-state index in [0.717, 1.165) is 11.6 Å². The van der Waals surface area contributed by atoms with E-state index in [4.69, 9.17) is 9.41 Å². The molecule has 0 saturated heterocycles. The van der Waals surface area contributed by atoms with Gasteiger partial charge in [0.15, 0.2) is 11.6 Å². The SMILES string of the molecule is C[C@H](NC(=NC1CC1)c1ccco1)c1ccccc1. The summed E-state index contributed by atoms with van der Waals surface area (Å²) in [6.07, 6.45) is 4.06. The summed E-state index contributed by atoms with van der Waals surface area (Å²) in [5, 5.41) is 3.46. The van der Waals surface area contributed by atoms with Crippen LogP contribution in [0.3, 0.4) is 0 Å². The fraction of sp³-hybridized carbons (Fsp3) is 0.312. The minimum absolute atomic E-state index is 0.212. The molecule has 1 aromatic carbocycles. The number of amidine groups is 1. The van der Waals surface area contributed by atoms with E-state index in [1.807, 2.05) is 18.2 Å². The van der Waals surface area contributed by atoms with Crippen LogP contribution in [-0.2, 0) is 0 Å². The molecule has 0 spiro atoms. The van der Waals surface area contributed by atoms with Crippen molar-refractivity contribution in [3.05, 3.63) is 60.1 Å². The summed E-state index contributed by atoms with van der Waals surface area (Å²) >= 11 is 0. The number of furan rings is 1. The monoisotopic (exact) mass is 254 g/mol. The first-order valence-corrected chi connectivity index (χ1v) is 6.76. The van der Waals surface area contributed by atoms with E-state index in [1.165, 1.54) is 18.4 Å². The maximum Gasteiger partial charge on any atom is 0.168 e. The minimum atomic E-state index is 0.212. The zero-order chi connectivity index (χ0) is 13.1. The van der Waals surface area contributed by atoms with E-state index < -0.39 is 0 Å². The van der Waals surface area contributed by atoms with Gasteiger partial charge in [-0.2, -0.15) is 0 Å². The van der Waals surface area contributed by atoms with Gasteiger partial charge < -0.3 is 9.73 Å². The van der Waals surface area contributed by atoms with Crippen molar-refractivity contribution in [3.63, 3.8) is 0 Å². The molecular weight excluding hydrogens is 236 g/mol. The number of benzene rings is 1. The zero-order valence-electron chi connectivity index (χ0n) is 11.0. The van der Waals surface area contributed by atoms with Crippen molar-refractivity contribution in [1.29, 1.82) is 0 Å². The van der Waals surface area contributed by atoms with Gasteiger partial charge in [-0.1, -0.05) is 30.3 Å². The molecule has 0 unspecified atom stereocenters. The molecule has 1 aliphatic carbocycles. The van der Waals surface area contributed by atoms with Crippen LogP contribution in [0.25, 0.3) is 0 Å². The van der Waals surface area contributed by atoms with Crippen LogP contribution < -0.4 is 5.32 Å². The first-order valence-electron chi connectivity index (χ1n) is 6.76. The van der Waals surface area contributed by atoms with Gasteiger partial charge in [-0.05, 0) is 37.5 Å². The number of aliphatic imine (C=N–C) groups is 1. The number of rotatable bonds is 4. The van der Waals surface area contributed by atoms with Gasteiger partial charge in [-0.3, -0.25) is 4.99 Å². The Morgan fingerprint density at radius 3 is 2.63 bits per heavy atom. The molecule has 1 saturated carbocycles. The molecule has 1 fully saturated rings. The summed E-state index contributed by atoms with van der Waals surface area (Å²) in [7, 11) is 0. The van der Waals surface area contributed by atoms with Crippen LogP contribution in [0.4, 0.5) is 0 Å². The van der Waals surface area contributed by atoms with Gasteiger partial charge in [-0.15, -0.1) is 0 Å². The highest BCUT2D eigenvalue weighted by molar-refractivity contribution is 5.96. The number of nitrogens with one attached hydrogen (secondary N) is 1. The second-order valence-electron chi connectivity index (χ2n) is 4.96. The summed E-state index contributed by atoms with van der Waals surface area (Å²) in [5.41, 5.74) is 1.25. The van der Waals surface area contributed by atoms with Crippen molar-refractivity contribution < 1.29 is 4.42 Å². The Morgan fingerprint density at radius 1 is 1.21 bits per heavy atom. The predicted octanol–water partition coefficient (Wildman–Crippen LogP) is 3.54. The Balaban J connectivity index is 1.78. The van der Waals surface area contributed by atoms with Crippen LogP contribution >= 0.6 is 0 Å². The van der Waals surface area contributed by atoms with Crippen molar-refractivity contribution in [1.82, 2.24) is 5.32 Å². The molecule has 19 heavy (non-hydrogen) atoms. The highest BCUT2D eigenvalue weighted by atomic mass is 16.3. The molecule has 98 valence electrons. The average molecular weight is 254 g/mol. The first kappa shape index (κ1) is 12.0. The van der Waals surface area contributed by atoms with Gasteiger partial charge in [0.2, 0.25) is 0 Å². The molecule has 1 aliphatic rings.